The van der Waals surface area contributed by atoms with Gasteiger partial charge in [0, 0.05) is 40.3 Å². The molecule has 5 aromatic rings. The molecule has 0 atom stereocenters. The van der Waals surface area contributed by atoms with Crippen molar-refractivity contribution in [2.75, 3.05) is 12.4 Å². The zero-order chi connectivity index (χ0) is 21.4. The molecule has 0 fully saturated rings. The SMILES string of the molecule is COc1cc(Nc2nc3c(-c4ccccc4Cl)cccn3n2)ccc1-n1cnc(C)c1. The number of hydrogen-bond acceptors (Lipinski definition) is 5. The van der Waals surface area contributed by atoms with E-state index in [9.17, 15) is 0 Å². The van der Waals surface area contributed by atoms with E-state index in [0.29, 0.717) is 16.7 Å². The number of nitrogens with zero attached hydrogens (tertiary/aromatic N) is 5. The van der Waals surface area contributed by atoms with E-state index >= 15 is 0 Å². The Kier molecular flexibility index (Phi) is 4.80. The van der Waals surface area contributed by atoms with E-state index in [1.54, 1.807) is 18.0 Å². The lowest BCUT2D eigenvalue weighted by Crippen LogP contribution is -1.98. The Hall–Kier alpha value is -3.84. The van der Waals surface area contributed by atoms with Gasteiger partial charge in [0.2, 0.25) is 5.95 Å². The number of hydrogen-bond donors (Lipinski definition) is 1. The first-order valence-corrected chi connectivity index (χ1v) is 10.1. The number of imidazole rings is 1. The molecule has 3 heterocycles. The van der Waals surface area contributed by atoms with Crippen LogP contribution in [0.15, 0.2) is 73.3 Å². The van der Waals surface area contributed by atoms with Crippen molar-refractivity contribution >= 4 is 28.9 Å². The van der Waals surface area contributed by atoms with Crippen LogP contribution >= 0.6 is 11.6 Å². The summed E-state index contributed by atoms with van der Waals surface area (Å²) in [6.45, 7) is 1.95. The zero-order valence-electron chi connectivity index (χ0n) is 17.0. The van der Waals surface area contributed by atoms with Crippen molar-refractivity contribution in [3.05, 3.63) is 84.0 Å². The van der Waals surface area contributed by atoms with E-state index in [2.05, 4.69) is 15.4 Å². The monoisotopic (exact) mass is 430 g/mol. The van der Waals surface area contributed by atoms with Gasteiger partial charge in [-0.15, -0.1) is 5.10 Å². The molecule has 3 aromatic heterocycles. The van der Waals surface area contributed by atoms with Gasteiger partial charge in [0.25, 0.3) is 0 Å². The number of aromatic nitrogens is 5. The molecule has 1 N–H and O–H groups in total. The van der Waals surface area contributed by atoms with Crippen molar-refractivity contribution in [3.63, 3.8) is 0 Å². The van der Waals surface area contributed by atoms with Crippen molar-refractivity contribution in [3.8, 4) is 22.6 Å². The van der Waals surface area contributed by atoms with Crippen molar-refractivity contribution < 1.29 is 4.74 Å². The van der Waals surface area contributed by atoms with E-state index in [1.807, 2.05) is 78.5 Å². The average Bonchev–Trinajstić information content (AvgIpc) is 3.39. The van der Waals surface area contributed by atoms with Gasteiger partial charge >= 0.3 is 0 Å². The third kappa shape index (κ3) is 3.60. The van der Waals surface area contributed by atoms with Gasteiger partial charge in [-0.2, -0.15) is 4.98 Å². The van der Waals surface area contributed by atoms with Crippen molar-refractivity contribution in [1.29, 1.82) is 0 Å². The summed E-state index contributed by atoms with van der Waals surface area (Å²) in [6, 6.07) is 17.4. The second-order valence-corrected chi connectivity index (χ2v) is 7.45. The number of ether oxygens (including phenoxy) is 1. The fourth-order valence-corrected chi connectivity index (χ4v) is 3.74. The van der Waals surface area contributed by atoms with E-state index in [-0.39, 0.29) is 0 Å². The second-order valence-electron chi connectivity index (χ2n) is 7.04. The predicted octanol–water partition coefficient (Wildman–Crippen LogP) is 5.30. The summed E-state index contributed by atoms with van der Waals surface area (Å²) < 4.78 is 9.25. The summed E-state index contributed by atoms with van der Waals surface area (Å²) in [7, 11) is 1.64. The van der Waals surface area contributed by atoms with Gasteiger partial charge in [-0.1, -0.05) is 29.8 Å². The van der Waals surface area contributed by atoms with E-state index in [1.165, 1.54) is 0 Å². The Bertz CT molecular complexity index is 1390. The van der Waals surface area contributed by atoms with Crippen molar-refractivity contribution in [2.45, 2.75) is 6.92 Å². The number of halogens is 1. The van der Waals surface area contributed by atoms with Crippen LogP contribution < -0.4 is 10.1 Å². The van der Waals surface area contributed by atoms with Gasteiger partial charge in [-0.05, 0) is 37.3 Å². The second kappa shape index (κ2) is 7.77. The highest BCUT2D eigenvalue weighted by atomic mass is 35.5. The lowest BCUT2D eigenvalue weighted by molar-refractivity contribution is 0.413. The van der Waals surface area contributed by atoms with Crippen LogP contribution in [-0.2, 0) is 0 Å². The maximum absolute atomic E-state index is 6.40. The maximum Gasteiger partial charge on any atom is 0.247 e. The number of benzene rings is 2. The molecule has 154 valence electrons. The molecule has 7 nitrogen and oxygen atoms in total. The minimum Gasteiger partial charge on any atom is -0.494 e. The van der Waals surface area contributed by atoms with Crippen molar-refractivity contribution in [1.82, 2.24) is 24.1 Å². The highest BCUT2D eigenvalue weighted by Crippen LogP contribution is 2.31. The van der Waals surface area contributed by atoms with Crippen molar-refractivity contribution in [2.24, 2.45) is 0 Å². The topological polar surface area (TPSA) is 69.3 Å². The van der Waals surface area contributed by atoms with Crippen LogP contribution in [0.2, 0.25) is 5.02 Å². The minimum atomic E-state index is 0.479. The molecule has 0 amide bonds. The number of methoxy groups -OCH3 is 1. The average molecular weight is 431 g/mol. The van der Waals surface area contributed by atoms with Gasteiger partial charge < -0.3 is 14.6 Å². The van der Waals surface area contributed by atoms with Crippen LogP contribution in [0.25, 0.3) is 22.5 Å². The van der Waals surface area contributed by atoms with Crippen LogP contribution in [0.1, 0.15) is 5.69 Å². The molecule has 0 bridgehead atoms. The standard InChI is InChI=1S/C23H19ClN6O/c1-15-13-29(14-25-15)20-10-9-16(12-21(20)31-2)26-23-27-22-18(7-5-11-30(22)28-23)17-6-3-4-8-19(17)24/h3-14H,1-2H3,(H,26,28). The lowest BCUT2D eigenvalue weighted by atomic mass is 10.1. The number of pyridine rings is 1. The summed E-state index contributed by atoms with van der Waals surface area (Å²) in [4.78, 5) is 8.97. The number of aryl methyl sites for hydroxylation is 1. The molecule has 0 aliphatic carbocycles. The Morgan fingerprint density at radius 2 is 1.87 bits per heavy atom. The fraction of sp³-hybridized carbons (Fsp3) is 0.0870. The molecule has 0 unspecified atom stereocenters. The largest absolute Gasteiger partial charge is 0.494 e. The quantitative estimate of drug-likeness (QED) is 0.410. The van der Waals surface area contributed by atoms with Gasteiger partial charge in [0.1, 0.15) is 5.75 Å². The van der Waals surface area contributed by atoms with E-state index < -0.39 is 0 Å². The zero-order valence-corrected chi connectivity index (χ0v) is 17.7. The third-order valence-electron chi connectivity index (χ3n) is 4.95. The molecule has 0 saturated heterocycles. The molecule has 8 heteroatoms. The predicted molar refractivity (Wildman–Crippen MR) is 122 cm³/mol. The van der Waals surface area contributed by atoms with Gasteiger partial charge in [0.15, 0.2) is 5.65 Å². The molecular formula is C23H19ClN6O. The smallest absolute Gasteiger partial charge is 0.247 e. The third-order valence-corrected chi connectivity index (χ3v) is 5.28. The Balaban J connectivity index is 1.50. The molecule has 0 aliphatic rings. The number of anilines is 2. The van der Waals surface area contributed by atoms with Gasteiger partial charge in [0.05, 0.1) is 24.8 Å². The number of fused-ring (bicyclic) bond motifs is 1. The minimum absolute atomic E-state index is 0.479. The summed E-state index contributed by atoms with van der Waals surface area (Å²) in [5.74, 6) is 1.19. The van der Waals surface area contributed by atoms with Crippen LogP contribution in [0, 0.1) is 6.92 Å². The molecule has 0 spiro atoms. The molecule has 0 aliphatic heterocycles. The van der Waals surface area contributed by atoms with Crippen LogP contribution in [0.3, 0.4) is 0 Å². The fourth-order valence-electron chi connectivity index (χ4n) is 3.50. The summed E-state index contributed by atoms with van der Waals surface area (Å²) in [5.41, 5.74) is 5.20. The number of rotatable bonds is 5. The Labute approximate surface area is 183 Å². The highest BCUT2D eigenvalue weighted by molar-refractivity contribution is 6.33. The molecule has 5 rings (SSSR count). The summed E-state index contributed by atoms with van der Waals surface area (Å²) in [6.07, 6.45) is 5.57. The molecule has 31 heavy (non-hydrogen) atoms. The van der Waals surface area contributed by atoms with E-state index in [4.69, 9.17) is 21.3 Å². The molecule has 0 radical (unpaired) electrons. The van der Waals surface area contributed by atoms with Crippen LogP contribution in [-0.4, -0.2) is 31.3 Å². The molecule has 0 saturated carbocycles. The van der Waals surface area contributed by atoms with Crippen LogP contribution in [0.4, 0.5) is 11.6 Å². The first-order chi connectivity index (χ1) is 15.1. The summed E-state index contributed by atoms with van der Waals surface area (Å²) >= 11 is 6.40. The normalized spacial score (nSPS) is 11.1. The van der Waals surface area contributed by atoms with Gasteiger partial charge in [-0.25, -0.2) is 9.50 Å². The lowest BCUT2D eigenvalue weighted by Gasteiger charge is -2.11. The van der Waals surface area contributed by atoms with Gasteiger partial charge in [-0.3, -0.25) is 0 Å². The maximum atomic E-state index is 6.40. The molecule has 2 aromatic carbocycles. The Morgan fingerprint density at radius 3 is 2.65 bits per heavy atom. The molecular weight excluding hydrogens is 412 g/mol. The highest BCUT2D eigenvalue weighted by Gasteiger charge is 2.13. The first-order valence-electron chi connectivity index (χ1n) is 9.69. The number of nitrogens with one attached hydrogen (secondary N) is 1. The van der Waals surface area contributed by atoms with E-state index in [0.717, 1.165) is 33.8 Å². The Morgan fingerprint density at radius 1 is 1.03 bits per heavy atom. The van der Waals surface area contributed by atoms with Crippen LogP contribution in [0.5, 0.6) is 5.75 Å². The first kappa shape index (κ1) is 19.1. The summed E-state index contributed by atoms with van der Waals surface area (Å²) in [5, 5.41) is 8.49.